The van der Waals surface area contributed by atoms with Crippen LogP contribution in [0.25, 0.3) is 22.2 Å². The number of fused-ring (bicyclic) bond motifs is 1. The Balaban J connectivity index is 1.29. The minimum absolute atomic E-state index is 0.234. The van der Waals surface area contributed by atoms with E-state index in [0.717, 1.165) is 67.2 Å². The maximum absolute atomic E-state index is 12.7. The zero-order valence-electron chi connectivity index (χ0n) is 20.1. The lowest BCUT2D eigenvalue weighted by atomic mass is 9.78. The van der Waals surface area contributed by atoms with Gasteiger partial charge in [-0.1, -0.05) is 37.6 Å². The second kappa shape index (κ2) is 9.73. The van der Waals surface area contributed by atoms with Crippen molar-refractivity contribution in [1.82, 2.24) is 9.47 Å². The summed E-state index contributed by atoms with van der Waals surface area (Å²) in [5, 5.41) is 1.75. The maximum Gasteiger partial charge on any atom is 0.152 e. The number of benzene rings is 2. The molecule has 2 saturated heterocycles. The smallest absolute Gasteiger partial charge is 0.152 e. The molecule has 1 spiro atoms. The van der Waals surface area contributed by atoms with Gasteiger partial charge >= 0.3 is 0 Å². The topological polar surface area (TPSA) is 43.7 Å². The monoisotopic (exact) mass is 480 g/mol. The zero-order chi connectivity index (χ0) is 23.7. The van der Waals surface area contributed by atoms with E-state index in [1.54, 1.807) is 0 Å². The van der Waals surface area contributed by atoms with Crippen molar-refractivity contribution in [2.45, 2.75) is 33.2 Å². The molecule has 2 aliphatic heterocycles. The van der Waals surface area contributed by atoms with Crippen molar-refractivity contribution >= 4 is 28.3 Å². The van der Waals surface area contributed by atoms with E-state index in [2.05, 4.69) is 41.5 Å². The number of aromatic nitrogens is 1. The van der Waals surface area contributed by atoms with Gasteiger partial charge in [0.2, 0.25) is 0 Å². The summed E-state index contributed by atoms with van der Waals surface area (Å²) < 4.78 is 13.5. The fraction of sp³-hybridized carbons (Fsp3) is 0.464. The van der Waals surface area contributed by atoms with Crippen molar-refractivity contribution in [2.75, 3.05) is 39.5 Å². The second-order valence-electron chi connectivity index (χ2n) is 10.4. The summed E-state index contributed by atoms with van der Waals surface area (Å²) in [6.07, 6.45) is 1.58. The van der Waals surface area contributed by atoms with Gasteiger partial charge in [0.05, 0.1) is 26.4 Å². The summed E-state index contributed by atoms with van der Waals surface area (Å²) >= 11 is 6.27. The highest BCUT2D eigenvalue weighted by molar-refractivity contribution is 6.30. The Morgan fingerprint density at radius 1 is 1.15 bits per heavy atom. The van der Waals surface area contributed by atoms with Crippen molar-refractivity contribution in [2.24, 2.45) is 11.3 Å². The quantitative estimate of drug-likeness (QED) is 0.350. The van der Waals surface area contributed by atoms with E-state index in [-0.39, 0.29) is 5.78 Å². The minimum Gasteiger partial charge on any atom is -0.494 e. The molecule has 6 heteroatoms. The van der Waals surface area contributed by atoms with E-state index >= 15 is 0 Å². The molecule has 0 amide bonds. The number of ketones is 1. The van der Waals surface area contributed by atoms with Crippen LogP contribution in [0, 0.1) is 11.3 Å². The first kappa shape index (κ1) is 23.4. The van der Waals surface area contributed by atoms with Crippen LogP contribution in [0.5, 0.6) is 5.75 Å². The lowest BCUT2D eigenvalue weighted by molar-refractivity contribution is -0.189. The molecule has 5 rings (SSSR count). The molecular formula is C28H33ClN2O3. The lowest BCUT2D eigenvalue weighted by Gasteiger charge is -2.55. The average Bonchev–Trinajstić information content (AvgIpc) is 3.08. The number of likely N-dealkylation sites (tertiary alicyclic amines) is 1. The summed E-state index contributed by atoms with van der Waals surface area (Å²) in [6.45, 7) is 10.5. The van der Waals surface area contributed by atoms with Crippen molar-refractivity contribution in [3.63, 3.8) is 0 Å². The Morgan fingerprint density at radius 3 is 2.68 bits per heavy atom. The maximum atomic E-state index is 12.7. The molecule has 0 radical (unpaired) electrons. The Labute approximate surface area is 206 Å². The average molecular weight is 481 g/mol. The van der Waals surface area contributed by atoms with Crippen molar-refractivity contribution in [3.8, 4) is 17.0 Å². The molecule has 34 heavy (non-hydrogen) atoms. The molecule has 0 N–H and O–H groups in total. The number of ether oxygens (including phenoxy) is 2. The zero-order valence-corrected chi connectivity index (χ0v) is 20.8. The number of nitrogens with zero attached hydrogens (tertiary/aromatic N) is 2. The third kappa shape index (κ3) is 5.02. The van der Waals surface area contributed by atoms with E-state index in [1.165, 1.54) is 0 Å². The van der Waals surface area contributed by atoms with Crippen LogP contribution in [0.1, 0.15) is 26.7 Å². The molecule has 3 heterocycles. The fourth-order valence-electron chi connectivity index (χ4n) is 5.20. The van der Waals surface area contributed by atoms with Crippen molar-refractivity contribution in [3.05, 3.63) is 53.6 Å². The summed E-state index contributed by atoms with van der Waals surface area (Å²) in [7, 11) is 0. The minimum atomic E-state index is 0.234. The standard InChI is InChI=1S/C28H33ClN2O3/c1-20(2)11-24(32)15-31-26-8-7-25(34-10-4-9-30-16-28(17-30)18-33-19-28)13-22(26)14-27(31)21-5-3-6-23(29)12-21/h3,5-8,12-14,20H,4,9-11,15-19H2,1-2H3. The molecule has 0 saturated carbocycles. The van der Waals surface area contributed by atoms with E-state index in [9.17, 15) is 4.79 Å². The molecule has 2 aromatic carbocycles. The van der Waals surface area contributed by atoms with Crippen LogP contribution in [0.3, 0.4) is 0 Å². The summed E-state index contributed by atoms with van der Waals surface area (Å²) in [6, 6.07) is 16.1. The molecule has 0 unspecified atom stereocenters. The van der Waals surface area contributed by atoms with Gasteiger partial charge in [-0.15, -0.1) is 0 Å². The number of rotatable bonds is 10. The normalized spacial score (nSPS) is 17.2. The molecule has 0 atom stereocenters. The van der Waals surface area contributed by atoms with E-state index in [0.29, 0.717) is 35.9 Å². The van der Waals surface area contributed by atoms with Gasteiger partial charge in [0.15, 0.2) is 5.78 Å². The number of halogens is 1. The first-order valence-electron chi connectivity index (χ1n) is 12.2. The third-order valence-electron chi connectivity index (χ3n) is 6.79. The van der Waals surface area contributed by atoms with Crippen LogP contribution in [-0.2, 0) is 16.1 Å². The highest BCUT2D eigenvalue weighted by Gasteiger charge is 2.48. The Morgan fingerprint density at radius 2 is 1.97 bits per heavy atom. The molecule has 5 nitrogen and oxygen atoms in total. The molecule has 3 aromatic rings. The Kier molecular flexibility index (Phi) is 6.70. The molecular weight excluding hydrogens is 448 g/mol. The van der Waals surface area contributed by atoms with Gasteiger partial charge in [-0.05, 0) is 54.3 Å². The van der Waals surface area contributed by atoms with Crippen molar-refractivity contribution in [1.29, 1.82) is 0 Å². The first-order valence-corrected chi connectivity index (χ1v) is 12.6. The van der Waals surface area contributed by atoms with Gasteiger partial charge < -0.3 is 18.9 Å². The molecule has 2 aliphatic rings. The molecule has 180 valence electrons. The number of carbonyl (C=O) groups excluding carboxylic acids is 1. The molecule has 1 aromatic heterocycles. The summed E-state index contributed by atoms with van der Waals surface area (Å²) in [4.78, 5) is 15.2. The summed E-state index contributed by atoms with van der Waals surface area (Å²) in [5.74, 6) is 1.44. The molecule has 2 fully saturated rings. The third-order valence-corrected chi connectivity index (χ3v) is 7.02. The molecule has 0 bridgehead atoms. The van der Waals surface area contributed by atoms with Crippen LogP contribution in [0.15, 0.2) is 48.5 Å². The van der Waals surface area contributed by atoms with Crippen LogP contribution in [-0.4, -0.2) is 54.7 Å². The lowest BCUT2D eigenvalue weighted by Crippen LogP contribution is -2.65. The first-order chi connectivity index (χ1) is 16.4. The van der Waals surface area contributed by atoms with Gasteiger partial charge in [-0.3, -0.25) is 4.79 Å². The van der Waals surface area contributed by atoms with Crippen molar-refractivity contribution < 1.29 is 14.3 Å². The predicted molar refractivity (Wildman–Crippen MR) is 137 cm³/mol. The number of hydrogen-bond acceptors (Lipinski definition) is 4. The summed E-state index contributed by atoms with van der Waals surface area (Å²) in [5.41, 5.74) is 3.51. The fourth-order valence-corrected chi connectivity index (χ4v) is 5.39. The highest BCUT2D eigenvalue weighted by atomic mass is 35.5. The van der Waals surface area contributed by atoms with Gasteiger partial charge in [0, 0.05) is 53.1 Å². The highest BCUT2D eigenvalue weighted by Crippen LogP contribution is 2.37. The second-order valence-corrected chi connectivity index (χ2v) is 10.8. The number of hydrogen-bond donors (Lipinski definition) is 0. The SMILES string of the molecule is CC(C)CC(=O)Cn1c(-c2cccc(Cl)c2)cc2cc(OCCCN3CC4(COC4)C3)ccc21. The van der Waals surface area contributed by atoms with Crippen LogP contribution < -0.4 is 4.74 Å². The van der Waals surface area contributed by atoms with Gasteiger partial charge in [0.25, 0.3) is 0 Å². The van der Waals surface area contributed by atoms with E-state index < -0.39 is 0 Å². The van der Waals surface area contributed by atoms with Gasteiger partial charge in [-0.25, -0.2) is 0 Å². The van der Waals surface area contributed by atoms with Crippen LogP contribution in [0.2, 0.25) is 5.02 Å². The Hall–Kier alpha value is -2.34. The molecule has 0 aliphatic carbocycles. The van der Waals surface area contributed by atoms with E-state index in [4.69, 9.17) is 21.1 Å². The van der Waals surface area contributed by atoms with Gasteiger partial charge in [-0.2, -0.15) is 0 Å². The number of carbonyl (C=O) groups is 1. The number of Topliss-reactive ketones (excluding diaryl/α,β-unsaturated/α-hetero) is 1. The van der Waals surface area contributed by atoms with Crippen LogP contribution in [0.4, 0.5) is 0 Å². The predicted octanol–water partition coefficient (Wildman–Crippen LogP) is 5.68. The van der Waals surface area contributed by atoms with E-state index in [1.807, 2.05) is 30.3 Å². The van der Waals surface area contributed by atoms with Gasteiger partial charge in [0.1, 0.15) is 5.75 Å². The Bertz CT molecular complexity index is 1170. The van der Waals surface area contributed by atoms with Crippen LogP contribution >= 0.6 is 11.6 Å². The largest absolute Gasteiger partial charge is 0.494 e.